The minimum Gasteiger partial charge on any atom is -0.384 e. The van der Waals surface area contributed by atoms with Gasteiger partial charge in [0.25, 0.3) is 0 Å². The van der Waals surface area contributed by atoms with Crippen LogP contribution in [0, 0.1) is 5.92 Å². The second-order valence-corrected chi connectivity index (χ2v) is 3.81. The van der Waals surface area contributed by atoms with E-state index in [0.717, 1.165) is 13.2 Å². The van der Waals surface area contributed by atoms with Gasteiger partial charge in [0.15, 0.2) is 0 Å². The maximum absolute atomic E-state index is 5.33. The van der Waals surface area contributed by atoms with Crippen LogP contribution < -0.4 is 16.6 Å². The van der Waals surface area contributed by atoms with Crippen LogP contribution in [0.15, 0.2) is 4.99 Å². The molecule has 0 spiro atoms. The van der Waals surface area contributed by atoms with Crippen LogP contribution in [0.25, 0.3) is 0 Å². The fourth-order valence-corrected chi connectivity index (χ4v) is 1.14. The van der Waals surface area contributed by atoms with Crippen molar-refractivity contribution in [1.29, 1.82) is 0 Å². The van der Waals surface area contributed by atoms with Crippen molar-refractivity contribution in [1.82, 2.24) is 10.7 Å². The normalized spacial score (nSPS) is 19.2. The first-order valence-corrected chi connectivity index (χ1v) is 5.02. The lowest BCUT2D eigenvalue weighted by Crippen LogP contribution is -2.42. The molecular weight excluding hydrogens is 180 g/mol. The third kappa shape index (κ3) is 4.43. The second kappa shape index (κ2) is 5.82. The highest BCUT2D eigenvalue weighted by Gasteiger charge is 2.21. The van der Waals surface area contributed by atoms with E-state index in [1.165, 1.54) is 12.8 Å². The van der Waals surface area contributed by atoms with Gasteiger partial charge < -0.3 is 10.1 Å². The number of rotatable bonds is 5. The van der Waals surface area contributed by atoms with Crippen molar-refractivity contribution in [2.24, 2.45) is 16.8 Å². The first-order valence-electron chi connectivity index (χ1n) is 5.02. The summed E-state index contributed by atoms with van der Waals surface area (Å²) in [6.07, 6.45) is 2.43. The Morgan fingerprint density at radius 1 is 1.64 bits per heavy atom. The summed E-state index contributed by atoms with van der Waals surface area (Å²) in [5.41, 5.74) is 2.57. The standard InChI is InChI=1S/C9H20N4O/c1-7(6-14-2)5-11-9(13-10)12-8-3-4-8/h7-8H,3-6,10H2,1-2H3,(H2,11,12,13). The minimum absolute atomic E-state index is 0.421. The van der Waals surface area contributed by atoms with Crippen molar-refractivity contribution in [2.45, 2.75) is 25.8 Å². The predicted molar refractivity (Wildman–Crippen MR) is 56.8 cm³/mol. The topological polar surface area (TPSA) is 71.7 Å². The van der Waals surface area contributed by atoms with E-state index >= 15 is 0 Å². The monoisotopic (exact) mass is 200 g/mol. The molecule has 1 fully saturated rings. The van der Waals surface area contributed by atoms with Crippen molar-refractivity contribution >= 4 is 5.96 Å². The highest BCUT2D eigenvalue weighted by molar-refractivity contribution is 5.79. The molecule has 4 N–H and O–H groups in total. The Balaban J connectivity index is 2.23. The van der Waals surface area contributed by atoms with Crippen molar-refractivity contribution in [2.75, 3.05) is 20.3 Å². The van der Waals surface area contributed by atoms with Gasteiger partial charge in [-0.2, -0.15) is 0 Å². The molecule has 1 unspecified atom stereocenters. The Hall–Kier alpha value is -0.810. The quantitative estimate of drug-likeness (QED) is 0.249. The highest BCUT2D eigenvalue weighted by atomic mass is 16.5. The third-order valence-corrected chi connectivity index (χ3v) is 2.07. The summed E-state index contributed by atoms with van der Waals surface area (Å²) in [6, 6.07) is 0.572. The first-order chi connectivity index (χ1) is 6.76. The number of nitrogens with two attached hydrogens (primary N) is 1. The first kappa shape index (κ1) is 11.3. The van der Waals surface area contributed by atoms with Crippen LogP contribution in [0.3, 0.4) is 0 Å². The van der Waals surface area contributed by atoms with Gasteiger partial charge in [0.05, 0.1) is 6.61 Å². The number of nitrogens with one attached hydrogen (secondary N) is 2. The molecule has 0 aromatic carbocycles. The summed E-state index contributed by atoms with van der Waals surface area (Å²) in [4.78, 5) is 4.33. The zero-order valence-corrected chi connectivity index (χ0v) is 8.92. The predicted octanol–water partition coefficient (Wildman–Crippen LogP) is -0.160. The average Bonchev–Trinajstić information content (AvgIpc) is 2.96. The van der Waals surface area contributed by atoms with E-state index in [-0.39, 0.29) is 0 Å². The number of methoxy groups -OCH3 is 1. The van der Waals surface area contributed by atoms with Crippen LogP contribution in [0.5, 0.6) is 0 Å². The molecule has 0 aromatic rings. The van der Waals surface area contributed by atoms with Gasteiger partial charge in [-0.1, -0.05) is 6.92 Å². The molecule has 5 heteroatoms. The van der Waals surface area contributed by atoms with Crippen molar-refractivity contribution < 1.29 is 4.74 Å². The Morgan fingerprint density at radius 3 is 2.86 bits per heavy atom. The summed E-state index contributed by atoms with van der Waals surface area (Å²) in [6.45, 7) is 3.55. The molecule has 1 atom stereocenters. The largest absolute Gasteiger partial charge is 0.384 e. The van der Waals surface area contributed by atoms with Crippen LogP contribution in [-0.2, 0) is 4.74 Å². The Kier molecular flexibility index (Phi) is 4.69. The smallest absolute Gasteiger partial charge is 0.205 e. The highest BCUT2D eigenvalue weighted by Crippen LogP contribution is 2.18. The molecule has 5 nitrogen and oxygen atoms in total. The van der Waals surface area contributed by atoms with Crippen LogP contribution >= 0.6 is 0 Å². The number of hydrogen-bond acceptors (Lipinski definition) is 3. The van der Waals surface area contributed by atoms with Crippen molar-refractivity contribution in [3.05, 3.63) is 0 Å². The molecule has 0 heterocycles. The van der Waals surface area contributed by atoms with E-state index in [4.69, 9.17) is 10.6 Å². The molecule has 0 aromatic heterocycles. The summed E-state index contributed by atoms with van der Waals surface area (Å²) in [5, 5.41) is 3.21. The number of hydrazine groups is 1. The fourth-order valence-electron chi connectivity index (χ4n) is 1.14. The molecule has 0 radical (unpaired) electrons. The van der Waals surface area contributed by atoms with Crippen LogP contribution in [-0.4, -0.2) is 32.3 Å². The summed E-state index contributed by atoms with van der Waals surface area (Å²) in [7, 11) is 1.70. The second-order valence-electron chi connectivity index (χ2n) is 3.81. The van der Waals surface area contributed by atoms with E-state index < -0.39 is 0 Å². The maximum Gasteiger partial charge on any atom is 0.205 e. The fraction of sp³-hybridized carbons (Fsp3) is 0.889. The van der Waals surface area contributed by atoms with E-state index in [1.54, 1.807) is 7.11 Å². The Labute approximate surface area is 85.1 Å². The van der Waals surface area contributed by atoms with Gasteiger partial charge in [-0.15, -0.1) is 0 Å². The number of nitrogens with zero attached hydrogens (tertiary/aromatic N) is 1. The summed E-state index contributed by atoms with van der Waals surface area (Å²) in [5.74, 6) is 6.45. The Bertz CT molecular complexity index is 191. The van der Waals surface area contributed by atoms with Gasteiger partial charge in [0, 0.05) is 19.7 Å². The molecule has 82 valence electrons. The van der Waals surface area contributed by atoms with Crippen LogP contribution in [0.4, 0.5) is 0 Å². The summed E-state index contributed by atoms with van der Waals surface area (Å²) < 4.78 is 5.02. The molecule has 1 saturated carbocycles. The van der Waals surface area contributed by atoms with Gasteiger partial charge in [-0.3, -0.25) is 10.4 Å². The van der Waals surface area contributed by atoms with Crippen molar-refractivity contribution in [3.8, 4) is 0 Å². The molecule has 0 aliphatic heterocycles. The van der Waals surface area contributed by atoms with Gasteiger partial charge in [-0.05, 0) is 18.8 Å². The van der Waals surface area contributed by atoms with E-state index in [1.807, 2.05) is 0 Å². The average molecular weight is 200 g/mol. The zero-order valence-electron chi connectivity index (χ0n) is 8.92. The minimum atomic E-state index is 0.421. The SMILES string of the molecule is COCC(C)CN=C(NN)NC1CC1. The number of guanidine groups is 1. The van der Waals surface area contributed by atoms with Gasteiger partial charge >= 0.3 is 0 Å². The number of hydrogen-bond donors (Lipinski definition) is 3. The third-order valence-electron chi connectivity index (χ3n) is 2.07. The molecule has 0 saturated heterocycles. The molecule has 0 amide bonds. The molecule has 1 aliphatic carbocycles. The van der Waals surface area contributed by atoms with Crippen LogP contribution in [0.1, 0.15) is 19.8 Å². The maximum atomic E-state index is 5.33. The van der Waals surface area contributed by atoms with E-state index in [2.05, 4.69) is 22.7 Å². The summed E-state index contributed by atoms with van der Waals surface area (Å²) >= 11 is 0. The zero-order chi connectivity index (χ0) is 10.4. The lowest BCUT2D eigenvalue weighted by Gasteiger charge is -2.10. The lowest BCUT2D eigenvalue weighted by molar-refractivity contribution is 0.163. The molecule has 0 bridgehead atoms. The van der Waals surface area contributed by atoms with Crippen LogP contribution in [0.2, 0.25) is 0 Å². The van der Waals surface area contributed by atoms with Gasteiger partial charge in [0.2, 0.25) is 5.96 Å². The molecule has 14 heavy (non-hydrogen) atoms. The van der Waals surface area contributed by atoms with Crippen molar-refractivity contribution in [3.63, 3.8) is 0 Å². The van der Waals surface area contributed by atoms with Gasteiger partial charge in [0.1, 0.15) is 0 Å². The number of aliphatic imine (C=N–C) groups is 1. The Morgan fingerprint density at radius 2 is 2.36 bits per heavy atom. The van der Waals surface area contributed by atoms with E-state index in [0.29, 0.717) is 17.9 Å². The molecule has 1 aliphatic rings. The molecular formula is C9H20N4O. The number of ether oxygens (including phenoxy) is 1. The van der Waals surface area contributed by atoms with Gasteiger partial charge in [-0.25, -0.2) is 5.84 Å². The van der Waals surface area contributed by atoms with E-state index in [9.17, 15) is 0 Å². The lowest BCUT2D eigenvalue weighted by atomic mass is 10.2. The molecule has 1 rings (SSSR count).